The van der Waals surface area contributed by atoms with Crippen molar-refractivity contribution < 1.29 is 19.4 Å². The predicted octanol–water partition coefficient (Wildman–Crippen LogP) is 0.402. The van der Waals surface area contributed by atoms with Crippen LogP contribution in [0.1, 0.15) is 33.1 Å². The first-order valence-electron chi connectivity index (χ1n) is 7.59. The summed E-state index contributed by atoms with van der Waals surface area (Å²) in [5.74, 6) is -1.03. The molecule has 0 aliphatic carbocycles. The molecule has 0 aromatic heterocycles. The van der Waals surface area contributed by atoms with E-state index in [9.17, 15) is 9.59 Å². The number of morpholine rings is 1. The highest BCUT2D eigenvalue weighted by Crippen LogP contribution is 2.22. The van der Waals surface area contributed by atoms with Crippen molar-refractivity contribution in [2.75, 3.05) is 26.2 Å². The van der Waals surface area contributed by atoms with Gasteiger partial charge in [0.15, 0.2) is 0 Å². The molecule has 2 fully saturated rings. The molecular formula is C14H25N3O4. The van der Waals surface area contributed by atoms with Crippen molar-refractivity contribution in [1.29, 1.82) is 0 Å². The number of aliphatic carboxylic acids is 1. The van der Waals surface area contributed by atoms with E-state index < -0.39 is 17.5 Å². The zero-order valence-corrected chi connectivity index (χ0v) is 12.7. The number of carbonyl (C=O) groups is 2. The minimum Gasteiger partial charge on any atom is -0.480 e. The summed E-state index contributed by atoms with van der Waals surface area (Å²) in [5, 5.41) is 14.3. The van der Waals surface area contributed by atoms with Crippen molar-refractivity contribution in [3.05, 3.63) is 0 Å². The number of fused-ring (bicyclic) bond motifs is 1. The molecule has 3 N–H and O–H groups in total. The van der Waals surface area contributed by atoms with Crippen LogP contribution in [-0.4, -0.2) is 65.9 Å². The van der Waals surface area contributed by atoms with Crippen molar-refractivity contribution in [3.8, 4) is 0 Å². The average molecular weight is 299 g/mol. The summed E-state index contributed by atoms with van der Waals surface area (Å²) in [4.78, 5) is 25.4. The summed E-state index contributed by atoms with van der Waals surface area (Å²) in [6, 6.07) is 0.0689. The van der Waals surface area contributed by atoms with Crippen LogP contribution in [0.5, 0.6) is 0 Å². The molecule has 0 aromatic carbocycles. The Balaban J connectivity index is 1.75. The molecule has 0 spiro atoms. The number of amides is 2. The van der Waals surface area contributed by atoms with Gasteiger partial charge in [0.2, 0.25) is 0 Å². The Morgan fingerprint density at radius 1 is 1.48 bits per heavy atom. The van der Waals surface area contributed by atoms with Gasteiger partial charge in [-0.15, -0.1) is 0 Å². The molecule has 3 atom stereocenters. The number of hydrogen-bond acceptors (Lipinski definition) is 4. The minimum absolute atomic E-state index is 0.0252. The zero-order valence-electron chi connectivity index (χ0n) is 12.7. The standard InChI is InChI=1S/C14H25N3O4/c1-3-14(2,12(18)19)16-13(20)15-7-11-8-17-6-4-5-10(17)9-21-11/h10-11H,3-9H2,1-2H3,(H,18,19)(H2,15,16,20). The molecule has 2 amide bonds. The van der Waals surface area contributed by atoms with Crippen LogP contribution in [0.3, 0.4) is 0 Å². The fraction of sp³-hybridized carbons (Fsp3) is 0.857. The molecule has 0 radical (unpaired) electrons. The molecule has 2 aliphatic rings. The maximum absolute atomic E-state index is 11.8. The smallest absolute Gasteiger partial charge is 0.329 e. The number of nitrogens with zero attached hydrogens (tertiary/aromatic N) is 1. The number of hydrogen-bond donors (Lipinski definition) is 3. The molecule has 0 saturated carbocycles. The van der Waals surface area contributed by atoms with E-state index in [1.54, 1.807) is 6.92 Å². The molecule has 7 heteroatoms. The Morgan fingerprint density at radius 2 is 2.24 bits per heavy atom. The summed E-state index contributed by atoms with van der Waals surface area (Å²) in [7, 11) is 0. The van der Waals surface area contributed by atoms with Gasteiger partial charge in [-0.3, -0.25) is 4.90 Å². The molecule has 120 valence electrons. The van der Waals surface area contributed by atoms with Gasteiger partial charge in [0.1, 0.15) is 5.54 Å². The molecule has 2 rings (SSSR count). The first-order valence-corrected chi connectivity index (χ1v) is 7.59. The lowest BCUT2D eigenvalue weighted by Gasteiger charge is -2.35. The highest BCUT2D eigenvalue weighted by molar-refractivity contribution is 5.85. The largest absolute Gasteiger partial charge is 0.480 e. The summed E-state index contributed by atoms with van der Waals surface area (Å²) in [6.45, 7) is 6.27. The molecule has 2 aliphatic heterocycles. The van der Waals surface area contributed by atoms with Crippen molar-refractivity contribution >= 4 is 12.0 Å². The predicted molar refractivity (Wildman–Crippen MR) is 77.2 cm³/mol. The summed E-state index contributed by atoms with van der Waals surface area (Å²) < 4.78 is 5.75. The van der Waals surface area contributed by atoms with Crippen LogP contribution in [-0.2, 0) is 9.53 Å². The van der Waals surface area contributed by atoms with Crippen LogP contribution in [0.25, 0.3) is 0 Å². The van der Waals surface area contributed by atoms with Crippen molar-refractivity contribution in [2.24, 2.45) is 0 Å². The molecule has 21 heavy (non-hydrogen) atoms. The number of ether oxygens (including phenoxy) is 1. The van der Waals surface area contributed by atoms with E-state index >= 15 is 0 Å². The Hall–Kier alpha value is -1.34. The SMILES string of the molecule is CCC(C)(NC(=O)NCC1CN2CCCC2CO1)C(=O)O. The Kier molecular flexibility index (Phi) is 5.05. The molecule has 7 nitrogen and oxygen atoms in total. The van der Waals surface area contributed by atoms with E-state index in [2.05, 4.69) is 15.5 Å². The fourth-order valence-corrected chi connectivity index (χ4v) is 2.80. The van der Waals surface area contributed by atoms with Gasteiger partial charge < -0.3 is 20.5 Å². The lowest BCUT2D eigenvalue weighted by molar-refractivity contribution is -0.143. The van der Waals surface area contributed by atoms with Gasteiger partial charge in [0, 0.05) is 19.1 Å². The maximum atomic E-state index is 11.8. The summed E-state index contributed by atoms with van der Waals surface area (Å²) in [5.41, 5.74) is -1.24. The molecule has 2 heterocycles. The molecule has 0 bridgehead atoms. The highest BCUT2D eigenvalue weighted by Gasteiger charge is 2.34. The summed E-state index contributed by atoms with van der Waals surface area (Å²) >= 11 is 0. The quantitative estimate of drug-likeness (QED) is 0.683. The molecule has 0 aromatic rings. The van der Waals surface area contributed by atoms with Crippen LogP contribution < -0.4 is 10.6 Å². The first kappa shape index (κ1) is 16.0. The van der Waals surface area contributed by atoms with E-state index in [-0.39, 0.29) is 6.10 Å². The van der Waals surface area contributed by atoms with Crippen LogP contribution in [0.4, 0.5) is 4.79 Å². The second-order valence-corrected chi connectivity index (χ2v) is 6.07. The van der Waals surface area contributed by atoms with Crippen LogP contribution in [0, 0.1) is 0 Å². The first-order chi connectivity index (χ1) is 9.94. The van der Waals surface area contributed by atoms with E-state index in [1.807, 2.05) is 0 Å². The second-order valence-electron chi connectivity index (χ2n) is 6.07. The van der Waals surface area contributed by atoms with Gasteiger partial charge in [-0.05, 0) is 32.7 Å². The van der Waals surface area contributed by atoms with Gasteiger partial charge in [0.25, 0.3) is 0 Å². The van der Waals surface area contributed by atoms with Crippen molar-refractivity contribution in [2.45, 2.75) is 50.8 Å². The molecule has 3 unspecified atom stereocenters. The fourth-order valence-electron chi connectivity index (χ4n) is 2.80. The lowest BCUT2D eigenvalue weighted by Crippen LogP contribution is -2.57. The van der Waals surface area contributed by atoms with Crippen molar-refractivity contribution in [1.82, 2.24) is 15.5 Å². The van der Waals surface area contributed by atoms with E-state index in [4.69, 9.17) is 9.84 Å². The van der Waals surface area contributed by atoms with Crippen LogP contribution in [0.2, 0.25) is 0 Å². The van der Waals surface area contributed by atoms with E-state index in [0.29, 0.717) is 19.0 Å². The highest BCUT2D eigenvalue weighted by atomic mass is 16.5. The van der Waals surface area contributed by atoms with Gasteiger partial charge in [-0.2, -0.15) is 0 Å². The number of nitrogens with one attached hydrogen (secondary N) is 2. The van der Waals surface area contributed by atoms with Gasteiger partial charge >= 0.3 is 12.0 Å². The van der Waals surface area contributed by atoms with E-state index in [1.165, 1.54) is 19.8 Å². The lowest BCUT2D eigenvalue weighted by atomic mass is 10.00. The van der Waals surface area contributed by atoms with Crippen molar-refractivity contribution in [3.63, 3.8) is 0 Å². The normalized spacial score (nSPS) is 28.5. The number of carboxylic acids is 1. The maximum Gasteiger partial charge on any atom is 0.329 e. The monoisotopic (exact) mass is 299 g/mol. The topological polar surface area (TPSA) is 90.9 Å². The van der Waals surface area contributed by atoms with Gasteiger partial charge in [0.05, 0.1) is 12.7 Å². The Morgan fingerprint density at radius 3 is 2.90 bits per heavy atom. The summed E-state index contributed by atoms with van der Waals surface area (Å²) in [6.07, 6.45) is 2.70. The number of carbonyl (C=O) groups excluding carboxylic acids is 1. The van der Waals surface area contributed by atoms with Crippen LogP contribution in [0.15, 0.2) is 0 Å². The molecule has 2 saturated heterocycles. The van der Waals surface area contributed by atoms with E-state index in [0.717, 1.165) is 19.7 Å². The van der Waals surface area contributed by atoms with Gasteiger partial charge in [-0.25, -0.2) is 9.59 Å². The molecular weight excluding hydrogens is 274 g/mol. The second kappa shape index (κ2) is 6.62. The Bertz CT molecular complexity index is 404. The average Bonchev–Trinajstić information content (AvgIpc) is 2.92. The third-order valence-electron chi connectivity index (χ3n) is 4.52. The number of urea groups is 1. The zero-order chi connectivity index (χ0) is 15.5. The Labute approximate surface area is 125 Å². The third-order valence-corrected chi connectivity index (χ3v) is 4.52. The van der Waals surface area contributed by atoms with Gasteiger partial charge in [-0.1, -0.05) is 6.92 Å². The van der Waals surface area contributed by atoms with Crippen LogP contribution >= 0.6 is 0 Å². The number of carboxylic acid groups (broad SMARTS) is 1. The number of rotatable bonds is 5. The minimum atomic E-state index is -1.24. The third kappa shape index (κ3) is 3.85.